The smallest absolute Gasteiger partial charge is 0.330 e. The number of imidazole rings is 1. The molecule has 3 unspecified atom stereocenters. The van der Waals surface area contributed by atoms with Crippen molar-refractivity contribution >= 4 is 42.6 Å². The van der Waals surface area contributed by atoms with Crippen molar-refractivity contribution in [3.63, 3.8) is 0 Å². The molecule has 224 valence electrons. The molecule has 0 aliphatic carbocycles. The van der Waals surface area contributed by atoms with Crippen LogP contribution in [0, 0.1) is 5.92 Å². The number of fused-ring (bicyclic) bond motifs is 5. The van der Waals surface area contributed by atoms with E-state index in [1.54, 1.807) is 16.8 Å². The minimum atomic E-state index is -2.50. The van der Waals surface area contributed by atoms with Crippen molar-refractivity contribution < 1.29 is 37.6 Å². The predicted molar refractivity (Wildman–Crippen MR) is 142 cm³/mol. The Morgan fingerprint density at radius 3 is 2.79 bits per heavy atom. The molecule has 7 heterocycles. The molecule has 42 heavy (non-hydrogen) atoms. The summed E-state index contributed by atoms with van der Waals surface area (Å²) in [5.74, 6) is -0.583. The van der Waals surface area contributed by atoms with E-state index in [4.69, 9.17) is 34.7 Å². The van der Waals surface area contributed by atoms with Gasteiger partial charge in [0.2, 0.25) is 5.95 Å². The van der Waals surface area contributed by atoms with Gasteiger partial charge in [0.15, 0.2) is 42.4 Å². The summed E-state index contributed by atoms with van der Waals surface area (Å²) in [6.45, 7) is -0.194. The molecular formula is C23H27FN9O8P. The van der Waals surface area contributed by atoms with Crippen LogP contribution in [0.2, 0.25) is 0 Å². The summed E-state index contributed by atoms with van der Waals surface area (Å²) in [7, 11) is -2.50. The number of H-pyrrole nitrogens is 1. The third-order valence-corrected chi connectivity index (χ3v) is 8.50. The molecule has 19 heteroatoms. The van der Waals surface area contributed by atoms with Gasteiger partial charge < -0.3 is 49.3 Å². The van der Waals surface area contributed by atoms with Crippen LogP contribution in [0.25, 0.3) is 22.2 Å². The summed E-state index contributed by atoms with van der Waals surface area (Å²) in [4.78, 5) is 41.8. The lowest BCUT2D eigenvalue weighted by atomic mass is 9.93. The monoisotopic (exact) mass is 607 g/mol. The number of nitrogens with one attached hydrogen (secondary N) is 1. The maximum absolute atomic E-state index is 15.9. The number of halogens is 1. The largest absolute Gasteiger partial charge is 0.383 e. The van der Waals surface area contributed by atoms with Crippen molar-refractivity contribution in [2.45, 2.75) is 62.7 Å². The molecule has 3 saturated heterocycles. The summed E-state index contributed by atoms with van der Waals surface area (Å²) in [5.41, 5.74) is 11.7. The normalized spacial score (nSPS) is 34.2. The van der Waals surface area contributed by atoms with Gasteiger partial charge in [0, 0.05) is 18.5 Å². The Kier molecular flexibility index (Phi) is 7.02. The van der Waals surface area contributed by atoms with Crippen LogP contribution >= 0.6 is 8.60 Å². The third-order valence-electron chi connectivity index (χ3n) is 7.68. The van der Waals surface area contributed by atoms with Gasteiger partial charge in [-0.1, -0.05) is 0 Å². The van der Waals surface area contributed by atoms with Gasteiger partial charge in [-0.2, -0.15) is 4.98 Å². The SMILES string of the molecule is Nc1nc2c(ncn2[C@@H]2OC3C[C@H]2OP(O)OC[C@H]2O[C@@H](n4ccc5c(N)ncnc54)[C@@H](F)[C@@H]2CCC(O)O3)c(=O)[nH]1. The highest BCUT2D eigenvalue weighted by Crippen LogP contribution is 2.46. The Bertz CT molecular complexity index is 1670. The van der Waals surface area contributed by atoms with E-state index in [1.165, 1.54) is 17.2 Å². The highest BCUT2D eigenvalue weighted by Gasteiger charge is 2.48. The number of nitrogen functional groups attached to an aromatic ring is 2. The maximum Gasteiger partial charge on any atom is 0.330 e. The number of nitrogens with zero attached hydrogens (tertiary/aromatic N) is 6. The van der Waals surface area contributed by atoms with E-state index in [1.807, 2.05) is 0 Å². The van der Waals surface area contributed by atoms with Crippen molar-refractivity contribution in [1.29, 1.82) is 0 Å². The summed E-state index contributed by atoms with van der Waals surface area (Å²) >= 11 is 0. The van der Waals surface area contributed by atoms with Gasteiger partial charge in [0.25, 0.3) is 5.56 Å². The quantitative estimate of drug-likeness (QED) is 0.196. The van der Waals surface area contributed by atoms with E-state index in [0.29, 0.717) is 11.0 Å². The van der Waals surface area contributed by atoms with Crippen LogP contribution in [0.5, 0.6) is 0 Å². The summed E-state index contributed by atoms with van der Waals surface area (Å²) in [6, 6.07) is 1.68. The van der Waals surface area contributed by atoms with Crippen LogP contribution in [0.4, 0.5) is 16.2 Å². The van der Waals surface area contributed by atoms with Crippen molar-refractivity contribution in [3.8, 4) is 0 Å². The lowest BCUT2D eigenvalue weighted by Gasteiger charge is -2.24. The van der Waals surface area contributed by atoms with Crippen LogP contribution in [0.1, 0.15) is 31.7 Å². The Labute approximate surface area is 236 Å². The highest BCUT2D eigenvalue weighted by atomic mass is 31.2. The number of alkyl halides is 1. The summed E-state index contributed by atoms with van der Waals surface area (Å²) in [5, 5.41) is 11.3. The molecule has 3 fully saturated rings. The molecule has 4 aromatic heterocycles. The van der Waals surface area contributed by atoms with E-state index in [9.17, 15) is 14.8 Å². The van der Waals surface area contributed by atoms with Crippen LogP contribution in [-0.2, 0) is 23.3 Å². The number of nitrogens with two attached hydrogens (primary N) is 2. The maximum atomic E-state index is 15.9. The topological polar surface area (TPSA) is 233 Å². The first-order chi connectivity index (χ1) is 20.3. The Hall–Kier alpha value is -3.35. The van der Waals surface area contributed by atoms with Crippen molar-refractivity contribution in [2.24, 2.45) is 5.92 Å². The third kappa shape index (κ3) is 4.79. The number of aliphatic hydroxyl groups is 1. The molecule has 17 nitrogen and oxygen atoms in total. The molecule has 0 amide bonds. The van der Waals surface area contributed by atoms with Crippen molar-refractivity contribution in [1.82, 2.24) is 34.1 Å². The molecule has 4 aromatic rings. The summed E-state index contributed by atoms with van der Waals surface area (Å²) in [6.07, 6.45) is -2.92. The average Bonchev–Trinajstić information content (AvgIpc) is 3.71. The highest BCUT2D eigenvalue weighted by molar-refractivity contribution is 7.40. The van der Waals surface area contributed by atoms with Crippen LogP contribution in [0.15, 0.2) is 29.7 Å². The zero-order chi connectivity index (χ0) is 29.1. The van der Waals surface area contributed by atoms with E-state index in [-0.39, 0.29) is 48.8 Å². The number of aromatic amines is 1. The fraction of sp³-hybridized carbons (Fsp3) is 0.522. The average molecular weight is 607 g/mol. The van der Waals surface area contributed by atoms with Crippen LogP contribution in [0.3, 0.4) is 0 Å². The number of aliphatic hydroxyl groups excluding tert-OH is 1. The van der Waals surface area contributed by atoms with Gasteiger partial charge in [-0.05, 0) is 18.9 Å². The predicted octanol–water partition coefficient (Wildman–Crippen LogP) is 0.575. The second-order valence-corrected chi connectivity index (χ2v) is 11.1. The lowest BCUT2D eigenvalue weighted by molar-refractivity contribution is -0.232. The Balaban J connectivity index is 1.13. The molecule has 0 saturated carbocycles. The second kappa shape index (κ2) is 10.7. The molecule has 7 rings (SSSR count). The molecule has 2 bridgehead atoms. The van der Waals surface area contributed by atoms with Gasteiger partial charge in [-0.3, -0.25) is 14.3 Å². The molecule has 0 spiro atoms. The lowest BCUT2D eigenvalue weighted by Crippen LogP contribution is -2.29. The first kappa shape index (κ1) is 27.5. The van der Waals surface area contributed by atoms with Gasteiger partial charge in [-0.25, -0.2) is 19.3 Å². The number of anilines is 2. The fourth-order valence-electron chi connectivity index (χ4n) is 5.72. The standard InChI is InChI=1S/C23H27FN9O8P/c24-15-9-1-2-13(34)39-14-5-11(21(40-14)33-8-29-16-19(33)30-23(26)31-20(16)35)41-42(36)37-6-12(9)38-22(15)32-4-3-10-17(25)27-7-28-18(10)32/h3-4,7-9,11-15,21-22,34,36H,1-2,5-6H2,(H2,25,27,28)(H3,26,30,31,35)/t9-,11-,12-,13?,14?,15+,21-,22-,42?/m1/s1. The van der Waals surface area contributed by atoms with E-state index in [0.717, 1.165) is 0 Å². The molecular weight excluding hydrogens is 580 g/mol. The zero-order valence-electron chi connectivity index (χ0n) is 21.8. The minimum absolute atomic E-state index is 0.0252. The van der Waals surface area contributed by atoms with Crippen LogP contribution < -0.4 is 17.0 Å². The Morgan fingerprint density at radius 2 is 1.93 bits per heavy atom. The molecule has 0 aromatic carbocycles. The van der Waals surface area contributed by atoms with Gasteiger partial charge >= 0.3 is 8.60 Å². The van der Waals surface area contributed by atoms with Crippen molar-refractivity contribution in [3.05, 3.63) is 35.3 Å². The number of rotatable bonds is 2. The van der Waals surface area contributed by atoms with E-state index >= 15 is 4.39 Å². The Morgan fingerprint density at radius 1 is 1.07 bits per heavy atom. The second-order valence-electron chi connectivity index (χ2n) is 10.2. The van der Waals surface area contributed by atoms with Gasteiger partial charge in [0.05, 0.1) is 24.4 Å². The van der Waals surface area contributed by atoms with Gasteiger partial charge in [-0.15, -0.1) is 0 Å². The van der Waals surface area contributed by atoms with Gasteiger partial charge in [0.1, 0.15) is 23.9 Å². The minimum Gasteiger partial charge on any atom is -0.383 e. The first-order valence-electron chi connectivity index (χ1n) is 13.1. The van der Waals surface area contributed by atoms with E-state index < -0.39 is 63.5 Å². The number of aromatic nitrogens is 7. The molecule has 3 aliphatic rings. The fourth-order valence-corrected chi connectivity index (χ4v) is 6.47. The van der Waals surface area contributed by atoms with Crippen LogP contribution in [-0.4, -0.2) is 81.6 Å². The number of hydrogen-bond acceptors (Lipinski definition) is 14. The number of ether oxygens (including phenoxy) is 3. The molecule has 0 radical (unpaired) electrons. The zero-order valence-corrected chi connectivity index (χ0v) is 22.7. The van der Waals surface area contributed by atoms with E-state index in [2.05, 4.69) is 24.9 Å². The first-order valence-corrected chi connectivity index (χ1v) is 14.3. The number of hydrogen-bond donors (Lipinski definition) is 5. The molecule has 7 N–H and O–H groups in total. The summed E-state index contributed by atoms with van der Waals surface area (Å²) < 4.78 is 48.2. The molecule has 3 aliphatic heterocycles. The van der Waals surface area contributed by atoms with Crippen molar-refractivity contribution in [2.75, 3.05) is 18.1 Å². The molecule has 9 atom stereocenters.